The van der Waals surface area contributed by atoms with Crippen molar-refractivity contribution in [2.75, 3.05) is 0 Å². The van der Waals surface area contributed by atoms with Crippen molar-refractivity contribution in [1.82, 2.24) is 10.2 Å². The van der Waals surface area contributed by atoms with E-state index in [-0.39, 0.29) is 17.0 Å². The monoisotopic (exact) mass is 244 g/mol. The molecule has 17 heavy (non-hydrogen) atoms. The molecule has 4 nitrogen and oxygen atoms in total. The van der Waals surface area contributed by atoms with Crippen molar-refractivity contribution in [1.29, 1.82) is 0 Å². The first kappa shape index (κ1) is 11.4. The Morgan fingerprint density at radius 3 is 2.59 bits per heavy atom. The number of nitrogens with one attached hydrogen (secondary N) is 1. The van der Waals surface area contributed by atoms with E-state index in [9.17, 15) is 18.0 Å². The standard InChI is InChI=1S/C10H7F3N2O2/c1-5-6(8-14-15-9(16)17-8)3-2-4-7(5)10(11,12)13/h2-4H,1H3,(H,15,16). The number of alkyl halides is 3. The molecule has 0 saturated carbocycles. The SMILES string of the molecule is Cc1c(-c2n[nH]c(=O)o2)cccc1C(F)(F)F. The summed E-state index contributed by atoms with van der Waals surface area (Å²) in [4.78, 5) is 10.7. The molecule has 7 heteroatoms. The molecular formula is C10H7F3N2O2. The Labute approximate surface area is 93.1 Å². The van der Waals surface area contributed by atoms with Crippen LogP contribution < -0.4 is 5.76 Å². The predicted octanol–water partition coefficient (Wildman–Crippen LogP) is 2.36. The van der Waals surface area contributed by atoms with Gasteiger partial charge in [0.15, 0.2) is 0 Å². The minimum atomic E-state index is -4.45. The highest BCUT2D eigenvalue weighted by Gasteiger charge is 2.33. The van der Waals surface area contributed by atoms with Gasteiger partial charge in [0, 0.05) is 5.56 Å². The largest absolute Gasteiger partial charge is 0.434 e. The van der Waals surface area contributed by atoms with Crippen LogP contribution in [0.5, 0.6) is 0 Å². The molecule has 0 atom stereocenters. The third-order valence-electron chi connectivity index (χ3n) is 2.31. The second kappa shape index (κ2) is 3.76. The molecule has 90 valence electrons. The van der Waals surface area contributed by atoms with Gasteiger partial charge in [-0.05, 0) is 24.6 Å². The highest BCUT2D eigenvalue weighted by Crippen LogP contribution is 2.35. The number of aromatic amines is 1. The lowest BCUT2D eigenvalue weighted by Crippen LogP contribution is -2.08. The van der Waals surface area contributed by atoms with E-state index in [2.05, 4.69) is 9.52 Å². The average Bonchev–Trinajstić information content (AvgIpc) is 2.63. The molecule has 2 rings (SSSR count). The van der Waals surface area contributed by atoms with Crippen LogP contribution in [0.25, 0.3) is 11.5 Å². The summed E-state index contributed by atoms with van der Waals surface area (Å²) in [6.45, 7) is 1.30. The smallest absolute Gasteiger partial charge is 0.388 e. The third kappa shape index (κ3) is 2.08. The molecule has 0 unspecified atom stereocenters. The second-order valence-corrected chi connectivity index (χ2v) is 3.39. The van der Waals surface area contributed by atoms with Gasteiger partial charge in [-0.15, -0.1) is 5.10 Å². The molecule has 1 heterocycles. The fraction of sp³-hybridized carbons (Fsp3) is 0.200. The van der Waals surface area contributed by atoms with Gasteiger partial charge >= 0.3 is 11.9 Å². The van der Waals surface area contributed by atoms with Crippen LogP contribution in [0.4, 0.5) is 13.2 Å². The maximum absolute atomic E-state index is 12.6. The number of aromatic nitrogens is 2. The number of H-pyrrole nitrogens is 1. The summed E-state index contributed by atoms with van der Waals surface area (Å²) in [6.07, 6.45) is -4.45. The van der Waals surface area contributed by atoms with E-state index in [0.29, 0.717) is 0 Å². The van der Waals surface area contributed by atoms with Crippen molar-refractivity contribution in [3.8, 4) is 11.5 Å². The number of hydrogen-bond acceptors (Lipinski definition) is 3. The Bertz CT molecular complexity index is 598. The zero-order chi connectivity index (χ0) is 12.6. The molecule has 0 bridgehead atoms. The molecule has 2 aromatic rings. The van der Waals surface area contributed by atoms with E-state index in [4.69, 9.17) is 0 Å². The summed E-state index contributed by atoms with van der Waals surface area (Å²) >= 11 is 0. The molecule has 0 amide bonds. The Kier molecular flexibility index (Phi) is 2.53. The number of rotatable bonds is 1. The lowest BCUT2D eigenvalue weighted by Gasteiger charge is -2.11. The van der Waals surface area contributed by atoms with Crippen molar-refractivity contribution in [2.45, 2.75) is 13.1 Å². The van der Waals surface area contributed by atoms with Crippen LogP contribution in [0, 0.1) is 6.92 Å². The zero-order valence-electron chi connectivity index (χ0n) is 8.63. The maximum atomic E-state index is 12.6. The van der Waals surface area contributed by atoms with Crippen LogP contribution in [0.2, 0.25) is 0 Å². The van der Waals surface area contributed by atoms with Gasteiger partial charge in [0.1, 0.15) is 0 Å². The van der Waals surface area contributed by atoms with Crippen molar-refractivity contribution in [3.63, 3.8) is 0 Å². The first-order valence-corrected chi connectivity index (χ1v) is 4.62. The van der Waals surface area contributed by atoms with Gasteiger partial charge in [0.2, 0.25) is 5.89 Å². The molecule has 0 aliphatic rings. The van der Waals surface area contributed by atoms with Crippen LogP contribution in [-0.4, -0.2) is 10.2 Å². The molecule has 1 aromatic heterocycles. The first-order chi connectivity index (χ1) is 7.89. The molecule has 0 aliphatic heterocycles. The van der Waals surface area contributed by atoms with E-state index < -0.39 is 17.5 Å². The van der Waals surface area contributed by atoms with E-state index in [0.717, 1.165) is 6.07 Å². The minimum absolute atomic E-state index is 0.0322. The van der Waals surface area contributed by atoms with Gasteiger partial charge in [-0.1, -0.05) is 6.07 Å². The number of benzene rings is 1. The molecule has 0 aliphatic carbocycles. The molecule has 0 saturated heterocycles. The Balaban J connectivity index is 2.61. The van der Waals surface area contributed by atoms with Gasteiger partial charge in [-0.25, -0.2) is 9.89 Å². The highest BCUT2D eigenvalue weighted by molar-refractivity contribution is 5.60. The molecule has 0 radical (unpaired) electrons. The Hall–Kier alpha value is -2.05. The Morgan fingerprint density at radius 2 is 2.06 bits per heavy atom. The van der Waals surface area contributed by atoms with Gasteiger partial charge in [0.05, 0.1) is 5.56 Å². The summed E-state index contributed by atoms with van der Waals surface area (Å²) in [5, 5.41) is 5.50. The minimum Gasteiger partial charge on any atom is -0.388 e. The van der Waals surface area contributed by atoms with Crippen LogP contribution in [0.15, 0.2) is 27.4 Å². The van der Waals surface area contributed by atoms with Crippen molar-refractivity contribution in [3.05, 3.63) is 39.9 Å². The molecule has 0 spiro atoms. The number of hydrogen-bond donors (Lipinski definition) is 1. The summed E-state index contributed by atoms with van der Waals surface area (Å²) in [5.74, 6) is -0.963. The summed E-state index contributed by atoms with van der Waals surface area (Å²) in [6, 6.07) is 3.60. The molecule has 0 fully saturated rings. The zero-order valence-corrected chi connectivity index (χ0v) is 8.63. The van der Waals surface area contributed by atoms with E-state index in [1.807, 2.05) is 5.10 Å². The van der Waals surface area contributed by atoms with Crippen LogP contribution in [0.1, 0.15) is 11.1 Å². The lowest BCUT2D eigenvalue weighted by molar-refractivity contribution is -0.138. The normalized spacial score (nSPS) is 11.8. The fourth-order valence-corrected chi connectivity index (χ4v) is 1.52. The quantitative estimate of drug-likeness (QED) is 0.837. The van der Waals surface area contributed by atoms with Gasteiger partial charge in [0.25, 0.3) is 0 Å². The van der Waals surface area contributed by atoms with Crippen molar-refractivity contribution < 1.29 is 17.6 Å². The third-order valence-corrected chi connectivity index (χ3v) is 2.31. The van der Waals surface area contributed by atoms with Crippen molar-refractivity contribution in [2.24, 2.45) is 0 Å². The van der Waals surface area contributed by atoms with Crippen LogP contribution >= 0.6 is 0 Å². The van der Waals surface area contributed by atoms with E-state index in [1.54, 1.807) is 0 Å². The number of halogens is 3. The number of nitrogens with zero attached hydrogens (tertiary/aromatic N) is 1. The highest BCUT2D eigenvalue weighted by atomic mass is 19.4. The van der Waals surface area contributed by atoms with E-state index in [1.165, 1.54) is 19.1 Å². The predicted molar refractivity (Wildman–Crippen MR) is 52.3 cm³/mol. The van der Waals surface area contributed by atoms with Gasteiger partial charge < -0.3 is 4.42 Å². The lowest BCUT2D eigenvalue weighted by atomic mass is 10.0. The van der Waals surface area contributed by atoms with Crippen LogP contribution in [-0.2, 0) is 6.18 Å². The maximum Gasteiger partial charge on any atom is 0.434 e. The first-order valence-electron chi connectivity index (χ1n) is 4.62. The summed E-state index contributed by atoms with van der Waals surface area (Å²) in [5.41, 5.74) is -0.672. The summed E-state index contributed by atoms with van der Waals surface area (Å²) in [7, 11) is 0. The fourth-order valence-electron chi connectivity index (χ4n) is 1.52. The van der Waals surface area contributed by atoms with E-state index >= 15 is 0 Å². The topological polar surface area (TPSA) is 58.9 Å². The van der Waals surface area contributed by atoms with Crippen molar-refractivity contribution >= 4 is 0 Å². The average molecular weight is 244 g/mol. The summed E-state index contributed by atoms with van der Waals surface area (Å²) < 4.78 is 42.5. The van der Waals surface area contributed by atoms with Crippen LogP contribution in [0.3, 0.4) is 0 Å². The van der Waals surface area contributed by atoms with Gasteiger partial charge in [-0.3, -0.25) is 0 Å². The molecule has 1 N–H and O–H groups in total. The Morgan fingerprint density at radius 1 is 1.35 bits per heavy atom. The molecular weight excluding hydrogens is 237 g/mol. The van der Waals surface area contributed by atoms with Gasteiger partial charge in [-0.2, -0.15) is 13.2 Å². The second-order valence-electron chi connectivity index (χ2n) is 3.39. The molecule has 1 aromatic carbocycles.